The molecular weight excluding hydrogens is 416 g/mol. The van der Waals surface area contributed by atoms with Gasteiger partial charge in [-0.1, -0.05) is 42.8 Å². The molecule has 178 valence electrons. The molecule has 1 aliphatic heterocycles. The molecule has 0 spiro atoms. The van der Waals surface area contributed by atoms with Gasteiger partial charge in [0.2, 0.25) is 0 Å². The molecule has 1 N–H and O–H groups in total. The molecule has 1 saturated carbocycles. The van der Waals surface area contributed by atoms with Crippen LogP contribution in [0.1, 0.15) is 65.4 Å². The number of benzene rings is 2. The fraction of sp³-hybridized carbons (Fsp3) is 0.556. The van der Waals surface area contributed by atoms with Crippen molar-refractivity contribution in [1.82, 2.24) is 9.80 Å². The van der Waals surface area contributed by atoms with E-state index in [1.165, 1.54) is 0 Å². The van der Waals surface area contributed by atoms with Crippen LogP contribution in [0.15, 0.2) is 42.5 Å². The first-order chi connectivity index (χ1) is 15.6. The van der Waals surface area contributed by atoms with Gasteiger partial charge in [0.1, 0.15) is 16.9 Å². The number of fused-ring (bicyclic) bond motifs is 1. The quantitative estimate of drug-likeness (QED) is 0.722. The molecule has 1 unspecified atom stereocenters. The van der Waals surface area contributed by atoms with Crippen LogP contribution in [0.25, 0.3) is 10.8 Å². The molecule has 33 heavy (non-hydrogen) atoms. The smallest absolute Gasteiger partial charge is 0.411 e. The Morgan fingerprint density at radius 2 is 1.64 bits per heavy atom. The van der Waals surface area contributed by atoms with Crippen LogP contribution < -0.4 is 0 Å². The highest BCUT2D eigenvalue weighted by Gasteiger charge is 2.54. The van der Waals surface area contributed by atoms with E-state index in [1.807, 2.05) is 68.1 Å². The Morgan fingerprint density at radius 3 is 2.27 bits per heavy atom. The van der Waals surface area contributed by atoms with E-state index in [-0.39, 0.29) is 12.3 Å². The predicted octanol–water partition coefficient (Wildman–Crippen LogP) is 4.83. The number of hydrogen-bond donors (Lipinski definition) is 1. The molecule has 2 aliphatic rings. The van der Waals surface area contributed by atoms with Crippen LogP contribution >= 0.6 is 0 Å². The lowest BCUT2D eigenvalue weighted by Crippen LogP contribution is -2.69. The van der Waals surface area contributed by atoms with Crippen LogP contribution in [0.5, 0.6) is 0 Å². The zero-order valence-corrected chi connectivity index (χ0v) is 20.3. The van der Waals surface area contributed by atoms with Gasteiger partial charge in [0.25, 0.3) is 0 Å². The number of amides is 1. The molecule has 1 amide bonds. The van der Waals surface area contributed by atoms with E-state index < -0.39 is 23.0 Å². The van der Waals surface area contributed by atoms with Crippen LogP contribution in [-0.4, -0.2) is 57.7 Å². The summed E-state index contributed by atoms with van der Waals surface area (Å²) in [4.78, 5) is 30.5. The van der Waals surface area contributed by atoms with E-state index in [1.54, 1.807) is 11.8 Å². The fourth-order valence-electron chi connectivity index (χ4n) is 5.40. The average molecular weight is 453 g/mol. The average Bonchev–Trinajstić information content (AvgIpc) is 2.77. The van der Waals surface area contributed by atoms with Gasteiger partial charge in [0.15, 0.2) is 5.78 Å². The predicted molar refractivity (Wildman–Crippen MR) is 129 cm³/mol. The van der Waals surface area contributed by atoms with E-state index in [4.69, 9.17) is 4.74 Å². The summed E-state index contributed by atoms with van der Waals surface area (Å²) in [6.07, 6.45) is 3.91. The van der Waals surface area contributed by atoms with Gasteiger partial charge in [-0.05, 0) is 75.8 Å². The number of carbonyl (C=O) groups is 2. The summed E-state index contributed by atoms with van der Waals surface area (Å²) in [5.41, 5.74) is -2.11. The van der Waals surface area contributed by atoms with Crippen molar-refractivity contribution in [2.24, 2.45) is 0 Å². The standard InChI is InChI=1S/C27H36N2O4/c1-20(30)27(23-13-12-21-10-6-7-11-22(21)18-23)19-28(26(32)14-8-5-9-15-26)16-17-29(27)24(31)33-25(2,3)4/h6-7,10-13,18,32H,5,8-9,14-17,19H2,1-4H3. The van der Waals surface area contributed by atoms with Crippen LogP contribution in [0.4, 0.5) is 4.79 Å². The molecule has 1 saturated heterocycles. The van der Waals surface area contributed by atoms with Crippen LogP contribution in [-0.2, 0) is 15.1 Å². The molecule has 4 rings (SSSR count). The summed E-state index contributed by atoms with van der Waals surface area (Å²) >= 11 is 0. The summed E-state index contributed by atoms with van der Waals surface area (Å²) in [6.45, 7) is 8.09. The molecule has 1 heterocycles. The van der Waals surface area contributed by atoms with Crippen LogP contribution in [0, 0.1) is 0 Å². The lowest BCUT2D eigenvalue weighted by molar-refractivity contribution is -0.173. The van der Waals surface area contributed by atoms with E-state index in [2.05, 4.69) is 0 Å². The van der Waals surface area contributed by atoms with Gasteiger partial charge in [-0.15, -0.1) is 0 Å². The van der Waals surface area contributed by atoms with Gasteiger partial charge in [-0.3, -0.25) is 14.6 Å². The first-order valence-electron chi connectivity index (χ1n) is 12.0. The van der Waals surface area contributed by atoms with Gasteiger partial charge in [-0.25, -0.2) is 4.79 Å². The Balaban J connectivity index is 1.82. The third-order valence-electron chi connectivity index (χ3n) is 7.14. The van der Waals surface area contributed by atoms with Gasteiger partial charge in [-0.2, -0.15) is 0 Å². The molecule has 1 atom stereocenters. The molecule has 0 aromatic heterocycles. The SMILES string of the molecule is CC(=O)C1(c2ccc3ccccc3c2)CN(C2(O)CCCCC2)CCN1C(=O)OC(C)(C)C. The highest BCUT2D eigenvalue weighted by Crippen LogP contribution is 2.41. The largest absolute Gasteiger partial charge is 0.444 e. The first kappa shape index (κ1) is 23.7. The van der Waals surface area contributed by atoms with Crippen LogP contribution in [0.3, 0.4) is 0 Å². The lowest BCUT2D eigenvalue weighted by atomic mass is 9.79. The Bertz CT molecular complexity index is 1040. The molecule has 2 aromatic carbocycles. The second-order valence-corrected chi connectivity index (χ2v) is 10.6. The third kappa shape index (κ3) is 4.51. The molecular formula is C27H36N2O4. The second-order valence-electron chi connectivity index (χ2n) is 10.6. The van der Waals surface area contributed by atoms with E-state index in [9.17, 15) is 14.7 Å². The van der Waals surface area contributed by atoms with E-state index in [0.717, 1.165) is 35.6 Å². The maximum absolute atomic E-state index is 13.5. The normalized spacial score (nSPS) is 24.0. The third-order valence-corrected chi connectivity index (χ3v) is 7.14. The Kier molecular flexibility index (Phi) is 6.27. The van der Waals surface area contributed by atoms with Crippen molar-refractivity contribution in [3.8, 4) is 0 Å². The van der Waals surface area contributed by atoms with Gasteiger partial charge in [0, 0.05) is 19.6 Å². The number of nitrogens with zero attached hydrogens (tertiary/aromatic N) is 2. The summed E-state index contributed by atoms with van der Waals surface area (Å²) < 4.78 is 5.75. The maximum atomic E-state index is 13.5. The fourth-order valence-corrected chi connectivity index (χ4v) is 5.40. The number of rotatable bonds is 3. The highest BCUT2D eigenvalue weighted by molar-refractivity contribution is 5.93. The Hall–Kier alpha value is -2.44. The number of ether oxygens (including phenoxy) is 1. The summed E-state index contributed by atoms with van der Waals surface area (Å²) in [7, 11) is 0. The van der Waals surface area contributed by atoms with Crippen LogP contribution in [0.2, 0.25) is 0 Å². The highest BCUT2D eigenvalue weighted by atomic mass is 16.6. The Morgan fingerprint density at radius 1 is 0.970 bits per heavy atom. The summed E-state index contributed by atoms with van der Waals surface area (Å²) in [5, 5.41) is 13.6. The minimum Gasteiger partial charge on any atom is -0.444 e. The maximum Gasteiger partial charge on any atom is 0.411 e. The minimum absolute atomic E-state index is 0.132. The first-order valence-corrected chi connectivity index (χ1v) is 12.0. The molecule has 1 aliphatic carbocycles. The number of aliphatic hydroxyl groups is 1. The number of piperazine rings is 1. The molecule has 0 bridgehead atoms. The topological polar surface area (TPSA) is 70.1 Å². The van der Waals surface area contributed by atoms with Crippen molar-refractivity contribution in [1.29, 1.82) is 0 Å². The van der Waals surface area contributed by atoms with Crippen molar-refractivity contribution in [3.63, 3.8) is 0 Å². The van der Waals surface area contributed by atoms with Gasteiger partial charge in [0.05, 0.1) is 0 Å². The summed E-state index contributed by atoms with van der Waals surface area (Å²) in [5.74, 6) is -0.132. The van der Waals surface area contributed by atoms with Gasteiger partial charge >= 0.3 is 6.09 Å². The lowest BCUT2D eigenvalue weighted by Gasteiger charge is -2.54. The number of hydrogen-bond acceptors (Lipinski definition) is 5. The van der Waals surface area contributed by atoms with Crippen molar-refractivity contribution in [3.05, 3.63) is 48.0 Å². The van der Waals surface area contributed by atoms with E-state index >= 15 is 0 Å². The second kappa shape index (κ2) is 8.73. The van der Waals surface area contributed by atoms with Crippen molar-refractivity contribution in [2.75, 3.05) is 19.6 Å². The monoisotopic (exact) mass is 452 g/mol. The van der Waals surface area contributed by atoms with Crippen molar-refractivity contribution < 1.29 is 19.4 Å². The minimum atomic E-state index is -1.24. The van der Waals surface area contributed by atoms with Gasteiger partial charge < -0.3 is 9.84 Å². The zero-order valence-electron chi connectivity index (χ0n) is 20.3. The molecule has 2 aromatic rings. The number of ketones is 1. The molecule has 2 fully saturated rings. The number of Topliss-reactive ketones (excluding diaryl/α,β-unsaturated/α-hetero) is 1. The van der Waals surface area contributed by atoms with Crippen molar-refractivity contribution in [2.45, 2.75) is 76.7 Å². The molecule has 0 radical (unpaired) electrons. The molecule has 6 nitrogen and oxygen atoms in total. The molecule has 6 heteroatoms. The number of carbonyl (C=O) groups excluding carboxylic acids is 2. The van der Waals surface area contributed by atoms with Crippen molar-refractivity contribution >= 4 is 22.6 Å². The Labute approximate surface area is 196 Å². The summed E-state index contributed by atoms with van der Waals surface area (Å²) in [6, 6.07) is 13.9. The van der Waals surface area contributed by atoms with E-state index in [0.29, 0.717) is 25.9 Å². The zero-order chi connectivity index (χ0) is 23.9.